The van der Waals surface area contributed by atoms with Gasteiger partial charge < -0.3 is 9.88 Å². The SMILES string of the molecule is C[C@H](NC(=O)CCCc1nccs1)c1cccc(-n2ccnc2)c1. The molecule has 0 bridgehead atoms. The number of aryl methyl sites for hydroxylation is 1. The lowest BCUT2D eigenvalue weighted by atomic mass is 10.1. The number of imidazole rings is 1. The number of rotatable bonds is 7. The van der Waals surface area contributed by atoms with Crippen LogP contribution in [0.3, 0.4) is 0 Å². The number of amides is 1. The van der Waals surface area contributed by atoms with Gasteiger partial charge in [0.2, 0.25) is 5.91 Å². The van der Waals surface area contributed by atoms with Crippen LogP contribution < -0.4 is 5.32 Å². The van der Waals surface area contributed by atoms with Crippen LogP contribution in [0.15, 0.2) is 54.6 Å². The van der Waals surface area contributed by atoms with Crippen LogP contribution >= 0.6 is 11.3 Å². The fourth-order valence-corrected chi connectivity index (χ4v) is 3.20. The minimum Gasteiger partial charge on any atom is -0.350 e. The van der Waals surface area contributed by atoms with Gasteiger partial charge in [-0.05, 0) is 37.5 Å². The Bertz CT molecular complexity index is 768. The Kier molecular flexibility index (Phi) is 5.38. The minimum atomic E-state index is -0.0270. The van der Waals surface area contributed by atoms with Crippen molar-refractivity contribution in [3.63, 3.8) is 0 Å². The van der Waals surface area contributed by atoms with Crippen molar-refractivity contribution in [3.05, 3.63) is 65.1 Å². The fourth-order valence-electron chi connectivity index (χ4n) is 2.54. The van der Waals surface area contributed by atoms with Crippen LogP contribution in [0.5, 0.6) is 0 Å². The van der Waals surface area contributed by atoms with Crippen LogP contribution in [0.2, 0.25) is 0 Å². The first-order valence-corrected chi connectivity index (χ1v) is 8.86. The maximum Gasteiger partial charge on any atom is 0.220 e. The first kappa shape index (κ1) is 16.4. The Morgan fingerprint density at radius 2 is 2.29 bits per heavy atom. The number of nitrogens with one attached hydrogen (secondary N) is 1. The molecule has 0 fully saturated rings. The molecule has 1 N–H and O–H groups in total. The number of carbonyl (C=O) groups is 1. The van der Waals surface area contributed by atoms with E-state index in [9.17, 15) is 4.79 Å². The zero-order valence-corrected chi connectivity index (χ0v) is 14.4. The summed E-state index contributed by atoms with van der Waals surface area (Å²) in [6, 6.07) is 8.09. The summed E-state index contributed by atoms with van der Waals surface area (Å²) in [7, 11) is 0. The van der Waals surface area contributed by atoms with Gasteiger partial charge in [0.15, 0.2) is 0 Å². The highest BCUT2D eigenvalue weighted by Gasteiger charge is 2.10. The fraction of sp³-hybridized carbons (Fsp3) is 0.278. The number of aromatic nitrogens is 3. The number of hydrogen-bond donors (Lipinski definition) is 1. The molecule has 0 spiro atoms. The summed E-state index contributed by atoms with van der Waals surface area (Å²) in [6.45, 7) is 2.01. The minimum absolute atomic E-state index is 0.0270. The average molecular weight is 340 g/mol. The van der Waals surface area contributed by atoms with Crippen LogP contribution in [0.1, 0.15) is 36.4 Å². The molecular formula is C18H20N4OS. The maximum atomic E-state index is 12.1. The predicted molar refractivity (Wildman–Crippen MR) is 95.2 cm³/mol. The van der Waals surface area contributed by atoms with Crippen molar-refractivity contribution in [2.24, 2.45) is 0 Å². The Labute approximate surface area is 145 Å². The van der Waals surface area contributed by atoms with Gasteiger partial charge in [-0.2, -0.15) is 0 Å². The van der Waals surface area contributed by atoms with Crippen molar-refractivity contribution < 1.29 is 4.79 Å². The smallest absolute Gasteiger partial charge is 0.220 e. The molecule has 0 aliphatic rings. The molecular weight excluding hydrogens is 320 g/mol. The number of nitrogens with zero attached hydrogens (tertiary/aromatic N) is 3. The van der Waals surface area contributed by atoms with E-state index in [0.29, 0.717) is 6.42 Å². The lowest BCUT2D eigenvalue weighted by Gasteiger charge is -2.15. The number of carbonyl (C=O) groups excluding carboxylic acids is 1. The highest BCUT2D eigenvalue weighted by molar-refractivity contribution is 7.09. The van der Waals surface area contributed by atoms with Crippen LogP contribution in [0, 0.1) is 0 Å². The van der Waals surface area contributed by atoms with Crippen molar-refractivity contribution in [3.8, 4) is 5.69 Å². The molecule has 1 amide bonds. The molecule has 0 saturated carbocycles. The summed E-state index contributed by atoms with van der Waals surface area (Å²) < 4.78 is 1.95. The van der Waals surface area contributed by atoms with E-state index >= 15 is 0 Å². The van der Waals surface area contributed by atoms with Gasteiger partial charge >= 0.3 is 0 Å². The lowest BCUT2D eigenvalue weighted by molar-refractivity contribution is -0.121. The average Bonchev–Trinajstić information content (AvgIpc) is 3.29. The Balaban J connectivity index is 1.53. The van der Waals surface area contributed by atoms with Crippen LogP contribution in [-0.4, -0.2) is 20.4 Å². The van der Waals surface area contributed by atoms with Gasteiger partial charge in [0.05, 0.1) is 17.4 Å². The number of hydrogen-bond acceptors (Lipinski definition) is 4. The van der Waals surface area contributed by atoms with Gasteiger partial charge in [0.25, 0.3) is 0 Å². The molecule has 2 aromatic heterocycles. The summed E-state index contributed by atoms with van der Waals surface area (Å²) >= 11 is 1.64. The Morgan fingerprint density at radius 3 is 3.04 bits per heavy atom. The molecule has 5 nitrogen and oxygen atoms in total. The normalized spacial score (nSPS) is 12.0. The molecule has 3 rings (SSSR count). The largest absolute Gasteiger partial charge is 0.350 e. The second-order valence-electron chi connectivity index (χ2n) is 5.63. The van der Waals surface area contributed by atoms with Crippen molar-refractivity contribution in [1.29, 1.82) is 0 Å². The van der Waals surface area contributed by atoms with Gasteiger partial charge in [0, 0.05) is 36.1 Å². The van der Waals surface area contributed by atoms with E-state index in [1.54, 1.807) is 30.1 Å². The molecule has 6 heteroatoms. The molecule has 3 aromatic rings. The standard InChI is InChI=1S/C18H20N4OS/c1-14(21-17(23)6-3-7-18-20-9-11-24-18)15-4-2-5-16(12-15)22-10-8-19-13-22/h2,4-5,8-14H,3,6-7H2,1H3,(H,21,23)/t14-/m0/s1. The van der Waals surface area contributed by atoms with Gasteiger partial charge in [-0.25, -0.2) is 9.97 Å². The second kappa shape index (κ2) is 7.88. The van der Waals surface area contributed by atoms with Crippen LogP contribution in [0.25, 0.3) is 5.69 Å². The zero-order chi connectivity index (χ0) is 16.8. The van der Waals surface area contributed by atoms with E-state index in [2.05, 4.69) is 21.4 Å². The summed E-state index contributed by atoms with van der Waals surface area (Å²) in [6.07, 6.45) is 9.42. The monoisotopic (exact) mass is 340 g/mol. The van der Waals surface area contributed by atoms with E-state index < -0.39 is 0 Å². The van der Waals surface area contributed by atoms with E-state index in [4.69, 9.17) is 0 Å². The van der Waals surface area contributed by atoms with Gasteiger partial charge in [-0.1, -0.05) is 12.1 Å². The third-order valence-corrected chi connectivity index (χ3v) is 4.67. The number of thiazole rings is 1. The summed E-state index contributed by atoms with van der Waals surface area (Å²) in [5, 5.41) is 6.12. The maximum absolute atomic E-state index is 12.1. The molecule has 24 heavy (non-hydrogen) atoms. The van der Waals surface area contributed by atoms with Gasteiger partial charge in [-0.3, -0.25) is 4.79 Å². The molecule has 1 atom stereocenters. The van der Waals surface area contributed by atoms with Crippen LogP contribution in [-0.2, 0) is 11.2 Å². The first-order valence-electron chi connectivity index (χ1n) is 7.98. The predicted octanol–water partition coefficient (Wildman–Crippen LogP) is 3.53. The zero-order valence-electron chi connectivity index (χ0n) is 13.6. The third-order valence-electron chi connectivity index (χ3n) is 3.83. The number of benzene rings is 1. The molecule has 0 aliphatic carbocycles. The topological polar surface area (TPSA) is 59.8 Å². The van der Waals surface area contributed by atoms with Gasteiger partial charge in [0.1, 0.15) is 0 Å². The summed E-state index contributed by atoms with van der Waals surface area (Å²) in [4.78, 5) is 20.4. The van der Waals surface area contributed by atoms with E-state index in [1.807, 2.05) is 41.3 Å². The van der Waals surface area contributed by atoms with Gasteiger partial charge in [-0.15, -0.1) is 11.3 Å². The molecule has 124 valence electrons. The molecule has 0 aliphatic heterocycles. The van der Waals surface area contributed by atoms with Crippen molar-refractivity contribution >= 4 is 17.2 Å². The van der Waals surface area contributed by atoms with Crippen molar-refractivity contribution in [2.45, 2.75) is 32.2 Å². The van der Waals surface area contributed by atoms with Crippen molar-refractivity contribution in [2.75, 3.05) is 0 Å². The molecule has 1 aromatic carbocycles. The second-order valence-corrected chi connectivity index (χ2v) is 6.61. The highest BCUT2D eigenvalue weighted by atomic mass is 32.1. The third kappa shape index (κ3) is 4.29. The summed E-state index contributed by atoms with van der Waals surface area (Å²) in [5.41, 5.74) is 2.12. The highest BCUT2D eigenvalue weighted by Crippen LogP contribution is 2.17. The molecule has 2 heterocycles. The van der Waals surface area contributed by atoms with E-state index in [0.717, 1.165) is 29.1 Å². The van der Waals surface area contributed by atoms with E-state index in [-0.39, 0.29) is 11.9 Å². The molecule has 0 radical (unpaired) electrons. The quantitative estimate of drug-likeness (QED) is 0.716. The lowest BCUT2D eigenvalue weighted by Crippen LogP contribution is -2.26. The Hall–Kier alpha value is -2.47. The first-order chi connectivity index (χ1) is 11.7. The van der Waals surface area contributed by atoms with Crippen LogP contribution in [0.4, 0.5) is 0 Å². The Morgan fingerprint density at radius 1 is 1.38 bits per heavy atom. The summed E-state index contributed by atoms with van der Waals surface area (Å²) in [5.74, 6) is 0.0760. The molecule has 0 unspecified atom stereocenters. The van der Waals surface area contributed by atoms with E-state index in [1.165, 1.54) is 0 Å². The van der Waals surface area contributed by atoms with Crippen molar-refractivity contribution in [1.82, 2.24) is 19.9 Å². The molecule has 0 saturated heterocycles.